The molecule has 0 unspecified atom stereocenters. The van der Waals surface area contributed by atoms with E-state index >= 15 is 0 Å². The van der Waals surface area contributed by atoms with Gasteiger partial charge in [-0.1, -0.05) is 23.7 Å². The van der Waals surface area contributed by atoms with Gasteiger partial charge >= 0.3 is 6.18 Å². The van der Waals surface area contributed by atoms with Crippen LogP contribution < -0.4 is 0 Å². The number of benzene rings is 1. The third kappa shape index (κ3) is 2.22. The number of aromatic nitrogens is 3. The Labute approximate surface area is 116 Å². The Morgan fingerprint density at radius 3 is 2.40 bits per heavy atom. The minimum atomic E-state index is -4.35. The van der Waals surface area contributed by atoms with Crippen LogP contribution in [0.25, 0.3) is 16.9 Å². The van der Waals surface area contributed by atoms with Gasteiger partial charge in [0.25, 0.3) is 0 Å². The van der Waals surface area contributed by atoms with Crippen molar-refractivity contribution in [1.29, 1.82) is 0 Å². The van der Waals surface area contributed by atoms with Gasteiger partial charge in [0.1, 0.15) is 5.15 Å². The SMILES string of the molecule is FC(F)(F)c1ccc(-c2cc(Cl)n3nccc3n2)cc1. The van der Waals surface area contributed by atoms with Gasteiger partial charge < -0.3 is 0 Å². The lowest BCUT2D eigenvalue weighted by Gasteiger charge is -2.08. The summed E-state index contributed by atoms with van der Waals surface area (Å²) in [5.74, 6) is 0. The number of nitrogens with zero attached hydrogens (tertiary/aromatic N) is 3. The van der Waals surface area contributed by atoms with E-state index in [0.717, 1.165) is 12.1 Å². The summed E-state index contributed by atoms with van der Waals surface area (Å²) in [6.07, 6.45) is -2.80. The van der Waals surface area contributed by atoms with Crippen molar-refractivity contribution in [2.75, 3.05) is 0 Å². The fourth-order valence-electron chi connectivity index (χ4n) is 1.85. The van der Waals surface area contributed by atoms with Gasteiger partial charge in [0.2, 0.25) is 0 Å². The van der Waals surface area contributed by atoms with Crippen LogP contribution in [0.4, 0.5) is 13.2 Å². The van der Waals surface area contributed by atoms with Gasteiger partial charge in [-0.25, -0.2) is 9.50 Å². The fraction of sp³-hybridized carbons (Fsp3) is 0.0769. The van der Waals surface area contributed by atoms with Crippen molar-refractivity contribution in [2.45, 2.75) is 6.18 Å². The maximum atomic E-state index is 12.5. The topological polar surface area (TPSA) is 30.2 Å². The van der Waals surface area contributed by atoms with Crippen molar-refractivity contribution < 1.29 is 13.2 Å². The molecule has 0 bridgehead atoms. The Balaban J connectivity index is 2.06. The maximum absolute atomic E-state index is 12.5. The Morgan fingerprint density at radius 1 is 1.05 bits per heavy atom. The van der Waals surface area contributed by atoms with Crippen LogP contribution in [-0.2, 0) is 6.18 Å². The molecule has 0 spiro atoms. The summed E-state index contributed by atoms with van der Waals surface area (Å²) >= 11 is 6.04. The molecule has 1 aromatic carbocycles. The highest BCUT2D eigenvalue weighted by Crippen LogP contribution is 2.31. The van der Waals surface area contributed by atoms with Gasteiger partial charge in [0.05, 0.1) is 17.5 Å². The second kappa shape index (κ2) is 4.49. The zero-order chi connectivity index (χ0) is 14.3. The number of alkyl halides is 3. The summed E-state index contributed by atoms with van der Waals surface area (Å²) in [7, 11) is 0. The first kappa shape index (κ1) is 12.9. The van der Waals surface area contributed by atoms with E-state index in [1.807, 2.05) is 0 Å². The van der Waals surface area contributed by atoms with Crippen molar-refractivity contribution >= 4 is 17.2 Å². The lowest BCUT2D eigenvalue weighted by molar-refractivity contribution is -0.137. The molecular formula is C13H7ClF3N3. The highest BCUT2D eigenvalue weighted by Gasteiger charge is 2.30. The maximum Gasteiger partial charge on any atom is 0.416 e. The normalized spacial score (nSPS) is 12.0. The summed E-state index contributed by atoms with van der Waals surface area (Å²) in [4.78, 5) is 4.29. The smallest absolute Gasteiger partial charge is 0.228 e. The van der Waals surface area contributed by atoms with E-state index in [1.165, 1.54) is 16.6 Å². The van der Waals surface area contributed by atoms with Crippen molar-refractivity contribution in [3.05, 3.63) is 53.3 Å². The van der Waals surface area contributed by atoms with E-state index in [1.54, 1.807) is 18.3 Å². The molecule has 3 aromatic rings. The molecule has 102 valence electrons. The molecule has 0 saturated heterocycles. The zero-order valence-corrected chi connectivity index (χ0v) is 10.7. The first-order valence-corrected chi connectivity index (χ1v) is 6.01. The Bertz CT molecular complexity index is 763. The minimum Gasteiger partial charge on any atom is -0.228 e. The Hall–Kier alpha value is -2.08. The third-order valence-corrected chi connectivity index (χ3v) is 3.09. The molecule has 7 heteroatoms. The molecule has 0 aliphatic rings. The molecule has 0 amide bonds. The number of halogens is 4. The van der Waals surface area contributed by atoms with Crippen molar-refractivity contribution in [3.63, 3.8) is 0 Å². The van der Waals surface area contributed by atoms with Crippen molar-refractivity contribution in [1.82, 2.24) is 14.6 Å². The predicted molar refractivity (Wildman–Crippen MR) is 68.4 cm³/mol. The van der Waals surface area contributed by atoms with Gasteiger partial charge in [-0.15, -0.1) is 0 Å². The molecular weight excluding hydrogens is 291 g/mol. The molecule has 0 saturated carbocycles. The molecule has 0 aliphatic heterocycles. The van der Waals surface area contributed by atoms with Crippen LogP contribution in [0.5, 0.6) is 0 Å². The van der Waals surface area contributed by atoms with E-state index < -0.39 is 11.7 Å². The van der Waals surface area contributed by atoms with Crippen molar-refractivity contribution in [3.8, 4) is 11.3 Å². The van der Waals surface area contributed by atoms with Crippen molar-refractivity contribution in [2.24, 2.45) is 0 Å². The summed E-state index contributed by atoms with van der Waals surface area (Å²) in [6.45, 7) is 0. The summed E-state index contributed by atoms with van der Waals surface area (Å²) in [5.41, 5.74) is 0.894. The number of hydrogen-bond donors (Lipinski definition) is 0. The van der Waals surface area contributed by atoms with Gasteiger partial charge in [-0.05, 0) is 12.1 Å². The van der Waals surface area contributed by atoms with Crippen LogP contribution in [0.3, 0.4) is 0 Å². The van der Waals surface area contributed by atoms with Crippen LogP contribution >= 0.6 is 11.6 Å². The minimum absolute atomic E-state index is 0.342. The monoisotopic (exact) mass is 297 g/mol. The number of hydrogen-bond acceptors (Lipinski definition) is 2. The first-order chi connectivity index (χ1) is 9.45. The van der Waals surface area contributed by atoms with Crippen LogP contribution in [0.2, 0.25) is 5.15 Å². The number of rotatable bonds is 1. The lowest BCUT2D eigenvalue weighted by Crippen LogP contribution is -2.04. The molecule has 3 rings (SSSR count). The highest BCUT2D eigenvalue weighted by molar-refractivity contribution is 6.30. The van der Waals surface area contributed by atoms with Crippen LogP contribution in [-0.4, -0.2) is 14.6 Å². The van der Waals surface area contributed by atoms with Crippen LogP contribution in [0.1, 0.15) is 5.56 Å². The highest BCUT2D eigenvalue weighted by atomic mass is 35.5. The van der Waals surface area contributed by atoms with Gasteiger partial charge in [0.15, 0.2) is 5.65 Å². The lowest BCUT2D eigenvalue weighted by atomic mass is 10.1. The zero-order valence-electron chi connectivity index (χ0n) is 9.89. The van der Waals surface area contributed by atoms with E-state index in [0.29, 0.717) is 22.1 Å². The first-order valence-electron chi connectivity index (χ1n) is 5.63. The molecule has 20 heavy (non-hydrogen) atoms. The third-order valence-electron chi connectivity index (χ3n) is 2.82. The molecule has 0 atom stereocenters. The van der Waals surface area contributed by atoms with Gasteiger partial charge in [0, 0.05) is 17.7 Å². The summed E-state index contributed by atoms with van der Waals surface area (Å²) < 4.78 is 39.0. The number of fused-ring (bicyclic) bond motifs is 1. The quantitative estimate of drug-likeness (QED) is 0.634. The fourth-order valence-corrected chi connectivity index (χ4v) is 2.09. The Morgan fingerprint density at radius 2 is 1.75 bits per heavy atom. The van der Waals surface area contributed by atoms with Gasteiger partial charge in [-0.3, -0.25) is 0 Å². The largest absolute Gasteiger partial charge is 0.416 e. The molecule has 0 fully saturated rings. The van der Waals surface area contributed by atoms with E-state index in [4.69, 9.17) is 11.6 Å². The van der Waals surface area contributed by atoms with E-state index in [2.05, 4.69) is 10.1 Å². The van der Waals surface area contributed by atoms with Crippen LogP contribution in [0.15, 0.2) is 42.6 Å². The molecule has 0 radical (unpaired) electrons. The van der Waals surface area contributed by atoms with E-state index in [9.17, 15) is 13.2 Å². The summed E-state index contributed by atoms with van der Waals surface area (Å²) in [6, 6.07) is 8.00. The summed E-state index contributed by atoms with van der Waals surface area (Å²) in [5, 5.41) is 4.32. The molecule has 0 aliphatic carbocycles. The molecule has 0 N–H and O–H groups in total. The second-order valence-electron chi connectivity index (χ2n) is 4.14. The second-order valence-corrected chi connectivity index (χ2v) is 4.53. The molecule has 2 aromatic heterocycles. The molecule has 3 nitrogen and oxygen atoms in total. The average Bonchev–Trinajstić information content (AvgIpc) is 2.86. The molecule has 2 heterocycles. The van der Waals surface area contributed by atoms with E-state index in [-0.39, 0.29) is 0 Å². The van der Waals surface area contributed by atoms with Crippen LogP contribution in [0, 0.1) is 0 Å². The Kier molecular flexibility index (Phi) is 2.90. The standard InChI is InChI=1S/C13H7ClF3N3/c14-11-7-10(19-12-5-6-18-20(11)12)8-1-3-9(4-2-8)13(15,16)17/h1-7H. The predicted octanol–water partition coefficient (Wildman–Crippen LogP) is 4.07. The average molecular weight is 298 g/mol. The van der Waals surface area contributed by atoms with Gasteiger partial charge in [-0.2, -0.15) is 18.3 Å².